The van der Waals surface area contributed by atoms with Crippen molar-refractivity contribution in [3.05, 3.63) is 83.0 Å². The minimum atomic E-state index is -0.284. The minimum absolute atomic E-state index is 0.00895. The van der Waals surface area contributed by atoms with E-state index in [0.717, 1.165) is 11.3 Å². The normalized spacial score (nSPS) is 10.3. The van der Waals surface area contributed by atoms with E-state index in [1.54, 1.807) is 30.3 Å². The predicted octanol–water partition coefficient (Wildman–Crippen LogP) is 3.66. The van der Waals surface area contributed by atoms with Gasteiger partial charge in [0, 0.05) is 17.8 Å². The molecule has 0 bridgehead atoms. The number of nitrogens with one attached hydrogen (secondary N) is 2. The second-order valence-corrected chi connectivity index (χ2v) is 6.23. The lowest BCUT2D eigenvalue weighted by Crippen LogP contribution is -2.24. The van der Waals surface area contributed by atoms with Crippen molar-refractivity contribution in [2.24, 2.45) is 0 Å². The van der Waals surface area contributed by atoms with Crippen LogP contribution in [0.5, 0.6) is 0 Å². The molecule has 27 heavy (non-hydrogen) atoms. The number of hydrogen-bond acceptors (Lipinski definition) is 5. The molecule has 0 aliphatic heterocycles. The number of ketones is 1. The lowest BCUT2D eigenvalue weighted by molar-refractivity contribution is 0.0944. The first-order valence-corrected chi connectivity index (χ1v) is 8.57. The van der Waals surface area contributed by atoms with Gasteiger partial charge in [0.25, 0.3) is 5.91 Å². The number of aromatic nitrogens is 2. The van der Waals surface area contributed by atoms with Gasteiger partial charge >= 0.3 is 0 Å². The molecule has 1 amide bonds. The van der Waals surface area contributed by atoms with Crippen molar-refractivity contribution in [2.75, 3.05) is 5.32 Å². The van der Waals surface area contributed by atoms with Gasteiger partial charge in [0.05, 0.1) is 0 Å². The Hall–Kier alpha value is -3.54. The molecule has 1 aromatic heterocycles. The zero-order valence-corrected chi connectivity index (χ0v) is 15.2. The van der Waals surface area contributed by atoms with Gasteiger partial charge in [-0.1, -0.05) is 42.0 Å². The van der Waals surface area contributed by atoms with Gasteiger partial charge in [-0.2, -0.15) is 0 Å². The number of nitrogens with zero attached hydrogens (tertiary/aromatic N) is 2. The Morgan fingerprint density at radius 3 is 2.41 bits per heavy atom. The van der Waals surface area contributed by atoms with Gasteiger partial charge in [0.2, 0.25) is 0 Å². The molecular formula is C21H20N4O2. The molecule has 2 aromatic carbocycles. The second kappa shape index (κ2) is 8.23. The Kier molecular flexibility index (Phi) is 5.56. The SMILES string of the molecule is CC(=O)c1cccc(Nc2ccc(C(=O)NCc3ccc(C)cc3)nn2)c1. The maximum absolute atomic E-state index is 12.2. The van der Waals surface area contributed by atoms with Crippen molar-refractivity contribution in [1.82, 2.24) is 15.5 Å². The highest BCUT2D eigenvalue weighted by molar-refractivity contribution is 5.95. The maximum atomic E-state index is 12.2. The van der Waals surface area contributed by atoms with Gasteiger partial charge in [-0.25, -0.2) is 0 Å². The molecule has 1 heterocycles. The number of rotatable bonds is 6. The molecule has 0 saturated carbocycles. The van der Waals surface area contributed by atoms with Crippen LogP contribution in [0.15, 0.2) is 60.7 Å². The van der Waals surface area contributed by atoms with Gasteiger partial charge < -0.3 is 10.6 Å². The number of aryl methyl sites for hydroxylation is 1. The Morgan fingerprint density at radius 1 is 0.963 bits per heavy atom. The number of benzene rings is 2. The van der Waals surface area contributed by atoms with Crippen LogP contribution in [0.2, 0.25) is 0 Å². The first kappa shape index (κ1) is 18.3. The highest BCUT2D eigenvalue weighted by Gasteiger charge is 2.08. The molecule has 3 aromatic rings. The fraction of sp³-hybridized carbons (Fsp3) is 0.143. The summed E-state index contributed by atoms with van der Waals surface area (Å²) in [6.45, 7) is 3.96. The Morgan fingerprint density at radius 2 is 1.74 bits per heavy atom. The predicted molar refractivity (Wildman–Crippen MR) is 104 cm³/mol. The van der Waals surface area contributed by atoms with Crippen LogP contribution in [0.25, 0.3) is 0 Å². The molecule has 0 aliphatic rings. The van der Waals surface area contributed by atoms with E-state index in [0.29, 0.717) is 17.9 Å². The van der Waals surface area contributed by atoms with Crippen LogP contribution in [-0.4, -0.2) is 21.9 Å². The second-order valence-electron chi connectivity index (χ2n) is 6.23. The van der Waals surface area contributed by atoms with Crippen LogP contribution in [0, 0.1) is 6.92 Å². The molecule has 0 radical (unpaired) electrons. The molecule has 0 saturated heterocycles. The third kappa shape index (κ3) is 4.98. The summed E-state index contributed by atoms with van der Waals surface area (Å²) in [7, 11) is 0. The molecule has 0 spiro atoms. The van der Waals surface area contributed by atoms with Crippen molar-refractivity contribution < 1.29 is 9.59 Å². The summed E-state index contributed by atoms with van der Waals surface area (Å²) in [6.07, 6.45) is 0. The standard InChI is InChI=1S/C21H20N4O2/c1-14-6-8-16(9-7-14)13-22-21(27)19-10-11-20(25-24-19)23-18-5-3-4-17(12-18)15(2)26/h3-12H,13H2,1-2H3,(H,22,27)(H,23,25). The Balaban J connectivity index is 1.61. The smallest absolute Gasteiger partial charge is 0.272 e. The fourth-order valence-corrected chi connectivity index (χ4v) is 2.46. The van der Waals surface area contributed by atoms with E-state index in [9.17, 15) is 9.59 Å². The Bertz CT molecular complexity index is 951. The lowest BCUT2D eigenvalue weighted by Gasteiger charge is -2.07. The molecule has 6 heteroatoms. The van der Waals surface area contributed by atoms with Gasteiger partial charge in [0.15, 0.2) is 17.3 Å². The van der Waals surface area contributed by atoms with E-state index in [2.05, 4.69) is 20.8 Å². The number of carbonyl (C=O) groups excluding carboxylic acids is 2. The van der Waals surface area contributed by atoms with E-state index in [1.165, 1.54) is 12.5 Å². The lowest BCUT2D eigenvalue weighted by atomic mass is 10.1. The van der Waals surface area contributed by atoms with Crippen molar-refractivity contribution in [2.45, 2.75) is 20.4 Å². The van der Waals surface area contributed by atoms with E-state index in [1.807, 2.05) is 37.3 Å². The highest BCUT2D eigenvalue weighted by atomic mass is 16.2. The van der Waals surface area contributed by atoms with Crippen LogP contribution in [0.3, 0.4) is 0 Å². The monoisotopic (exact) mass is 360 g/mol. The number of Topliss-reactive ketones (excluding diaryl/α,β-unsaturated/α-hetero) is 1. The largest absolute Gasteiger partial charge is 0.347 e. The zero-order chi connectivity index (χ0) is 19.2. The quantitative estimate of drug-likeness (QED) is 0.656. The zero-order valence-electron chi connectivity index (χ0n) is 15.2. The summed E-state index contributed by atoms with van der Waals surface area (Å²) in [5.74, 6) is 0.198. The molecular weight excluding hydrogens is 340 g/mol. The van der Waals surface area contributed by atoms with Gasteiger partial charge in [-0.3, -0.25) is 9.59 Å². The van der Waals surface area contributed by atoms with Crippen molar-refractivity contribution in [3.63, 3.8) is 0 Å². The number of amides is 1. The van der Waals surface area contributed by atoms with E-state index < -0.39 is 0 Å². The topological polar surface area (TPSA) is 84.0 Å². The van der Waals surface area contributed by atoms with E-state index in [4.69, 9.17) is 0 Å². The third-order valence-electron chi connectivity index (χ3n) is 4.01. The summed E-state index contributed by atoms with van der Waals surface area (Å²) < 4.78 is 0. The molecule has 136 valence electrons. The highest BCUT2D eigenvalue weighted by Crippen LogP contribution is 2.16. The van der Waals surface area contributed by atoms with Gasteiger partial charge in [-0.05, 0) is 43.7 Å². The number of hydrogen-bond donors (Lipinski definition) is 2. The van der Waals surface area contributed by atoms with Gasteiger partial charge in [0.1, 0.15) is 0 Å². The average Bonchev–Trinajstić information content (AvgIpc) is 2.68. The van der Waals surface area contributed by atoms with Gasteiger partial charge in [-0.15, -0.1) is 10.2 Å². The summed E-state index contributed by atoms with van der Waals surface area (Å²) in [6, 6.07) is 18.4. The third-order valence-corrected chi connectivity index (χ3v) is 4.01. The Labute approximate surface area is 157 Å². The van der Waals surface area contributed by atoms with Crippen LogP contribution in [0.4, 0.5) is 11.5 Å². The molecule has 0 unspecified atom stereocenters. The van der Waals surface area contributed by atoms with E-state index in [-0.39, 0.29) is 17.4 Å². The summed E-state index contributed by atoms with van der Waals surface area (Å²) in [5.41, 5.74) is 3.78. The van der Waals surface area contributed by atoms with E-state index >= 15 is 0 Å². The molecule has 0 aliphatic carbocycles. The fourth-order valence-electron chi connectivity index (χ4n) is 2.46. The number of carbonyl (C=O) groups is 2. The molecule has 0 atom stereocenters. The first-order chi connectivity index (χ1) is 13.0. The summed E-state index contributed by atoms with van der Waals surface area (Å²) in [5, 5.41) is 13.9. The summed E-state index contributed by atoms with van der Waals surface area (Å²) in [4.78, 5) is 23.7. The van der Waals surface area contributed by atoms with Crippen LogP contribution in [-0.2, 0) is 6.54 Å². The minimum Gasteiger partial charge on any atom is -0.347 e. The van der Waals surface area contributed by atoms with Crippen LogP contribution < -0.4 is 10.6 Å². The average molecular weight is 360 g/mol. The number of anilines is 2. The van der Waals surface area contributed by atoms with Crippen molar-refractivity contribution in [1.29, 1.82) is 0 Å². The first-order valence-electron chi connectivity index (χ1n) is 8.57. The molecule has 0 fully saturated rings. The summed E-state index contributed by atoms with van der Waals surface area (Å²) >= 11 is 0. The van der Waals surface area contributed by atoms with Crippen molar-refractivity contribution in [3.8, 4) is 0 Å². The van der Waals surface area contributed by atoms with Crippen LogP contribution >= 0.6 is 0 Å². The molecule has 2 N–H and O–H groups in total. The van der Waals surface area contributed by atoms with Crippen LogP contribution in [0.1, 0.15) is 38.9 Å². The van der Waals surface area contributed by atoms with Crippen molar-refractivity contribution >= 4 is 23.2 Å². The molecule has 3 rings (SSSR count). The maximum Gasteiger partial charge on any atom is 0.272 e. The molecule has 6 nitrogen and oxygen atoms in total.